The van der Waals surface area contributed by atoms with E-state index < -0.39 is 11.6 Å². The van der Waals surface area contributed by atoms with Crippen LogP contribution in [0.25, 0.3) is 0 Å². The normalized spacial score (nSPS) is 14.1. The molecule has 0 spiro atoms. The highest BCUT2D eigenvalue weighted by molar-refractivity contribution is 5.88. The first-order valence-electron chi connectivity index (χ1n) is 4.71. The van der Waals surface area contributed by atoms with Gasteiger partial charge < -0.3 is 14.6 Å². The molecule has 0 aromatic carbocycles. The first-order chi connectivity index (χ1) is 7.53. The molecule has 0 bridgehead atoms. The molecule has 4 nitrogen and oxygen atoms in total. The molecule has 0 rings (SSSR count). The number of ether oxygens (including phenoxy) is 2. The predicted molar refractivity (Wildman–Crippen MR) is 61.4 cm³/mol. The molecule has 5 heteroatoms. The Morgan fingerprint density at radius 2 is 1.94 bits per heavy atom. The SMILES string of the molecule is C=C/C(=C\C(F)=NC)C(O)(COC)COC. The fraction of sp³-hybridized carbons (Fsp3) is 0.545. The Balaban J connectivity index is 5.13. The van der Waals surface area contributed by atoms with Crippen molar-refractivity contribution in [3.8, 4) is 0 Å². The van der Waals surface area contributed by atoms with E-state index in [1.165, 1.54) is 27.3 Å². The maximum Gasteiger partial charge on any atom is 0.208 e. The van der Waals surface area contributed by atoms with Gasteiger partial charge in [0, 0.05) is 21.3 Å². The van der Waals surface area contributed by atoms with E-state index in [0.717, 1.165) is 6.08 Å². The van der Waals surface area contributed by atoms with Gasteiger partial charge in [-0.2, -0.15) is 4.39 Å². The third kappa shape index (κ3) is 4.22. The number of allylic oxidation sites excluding steroid dienone is 1. The number of hydrogen-bond donors (Lipinski definition) is 1. The topological polar surface area (TPSA) is 51.1 Å². The first-order valence-corrected chi connectivity index (χ1v) is 4.71. The lowest BCUT2D eigenvalue weighted by molar-refractivity contribution is -0.0494. The van der Waals surface area contributed by atoms with Crippen molar-refractivity contribution < 1.29 is 19.0 Å². The van der Waals surface area contributed by atoms with Crippen LogP contribution in [0.2, 0.25) is 0 Å². The molecule has 0 aliphatic heterocycles. The molecule has 0 aromatic heterocycles. The maximum absolute atomic E-state index is 13.0. The zero-order valence-electron chi connectivity index (χ0n) is 9.86. The van der Waals surface area contributed by atoms with E-state index in [1.54, 1.807) is 0 Å². The molecular weight excluding hydrogens is 213 g/mol. The van der Waals surface area contributed by atoms with E-state index >= 15 is 0 Å². The lowest BCUT2D eigenvalue weighted by atomic mass is 9.95. The van der Waals surface area contributed by atoms with Gasteiger partial charge in [0.15, 0.2) is 0 Å². The van der Waals surface area contributed by atoms with E-state index in [4.69, 9.17) is 9.47 Å². The smallest absolute Gasteiger partial charge is 0.208 e. The minimum atomic E-state index is -1.42. The van der Waals surface area contributed by atoms with Gasteiger partial charge in [-0.15, -0.1) is 0 Å². The highest BCUT2D eigenvalue weighted by atomic mass is 19.1. The number of rotatable bonds is 7. The van der Waals surface area contributed by atoms with E-state index in [9.17, 15) is 9.50 Å². The standard InChI is InChI=1S/C11H18FNO3/c1-5-9(6-10(12)13-2)11(14,7-15-3)8-16-4/h5-6,14H,1,7-8H2,2-4H3/b9-6+,13-10?. The molecular formula is C11H18FNO3. The average Bonchev–Trinajstić information content (AvgIpc) is 2.25. The summed E-state index contributed by atoms with van der Waals surface area (Å²) in [7, 11) is 4.19. The third-order valence-electron chi connectivity index (χ3n) is 2.01. The zero-order valence-corrected chi connectivity index (χ0v) is 9.86. The Bertz CT molecular complexity index is 281. The summed E-state index contributed by atoms with van der Waals surface area (Å²) in [5.74, 6) is -0.694. The molecule has 16 heavy (non-hydrogen) atoms. The summed E-state index contributed by atoms with van der Waals surface area (Å²) in [6.45, 7) is 3.48. The van der Waals surface area contributed by atoms with E-state index in [0.29, 0.717) is 0 Å². The lowest BCUT2D eigenvalue weighted by Crippen LogP contribution is -2.40. The number of methoxy groups -OCH3 is 2. The molecule has 0 atom stereocenters. The summed E-state index contributed by atoms with van der Waals surface area (Å²) >= 11 is 0. The molecule has 0 aromatic rings. The first kappa shape index (κ1) is 15.0. The van der Waals surface area contributed by atoms with Gasteiger partial charge in [0.2, 0.25) is 5.97 Å². The number of nitrogens with zero attached hydrogens (tertiary/aromatic N) is 1. The lowest BCUT2D eigenvalue weighted by Gasteiger charge is -2.27. The second kappa shape index (κ2) is 7.27. The summed E-state index contributed by atoms with van der Waals surface area (Å²) in [4.78, 5) is 3.34. The fourth-order valence-corrected chi connectivity index (χ4v) is 1.26. The van der Waals surface area contributed by atoms with Gasteiger partial charge in [-0.3, -0.25) is 4.99 Å². The second-order valence-electron chi connectivity index (χ2n) is 3.25. The van der Waals surface area contributed by atoms with Crippen molar-refractivity contribution in [3.63, 3.8) is 0 Å². The van der Waals surface area contributed by atoms with Gasteiger partial charge in [-0.25, -0.2) is 0 Å². The van der Waals surface area contributed by atoms with Crippen LogP contribution in [0, 0.1) is 0 Å². The zero-order chi connectivity index (χ0) is 12.6. The second-order valence-corrected chi connectivity index (χ2v) is 3.25. The van der Waals surface area contributed by atoms with Gasteiger partial charge >= 0.3 is 0 Å². The van der Waals surface area contributed by atoms with Crippen molar-refractivity contribution >= 4 is 5.97 Å². The van der Waals surface area contributed by atoms with Crippen LogP contribution in [0.1, 0.15) is 0 Å². The van der Waals surface area contributed by atoms with Gasteiger partial charge in [0.25, 0.3) is 0 Å². The summed E-state index contributed by atoms with van der Waals surface area (Å²) in [6, 6.07) is 0. The fourth-order valence-electron chi connectivity index (χ4n) is 1.26. The molecule has 1 N–H and O–H groups in total. The minimum Gasteiger partial charge on any atom is -0.381 e. The Labute approximate surface area is 95.1 Å². The van der Waals surface area contributed by atoms with Crippen LogP contribution >= 0.6 is 0 Å². The van der Waals surface area contributed by atoms with Crippen LogP contribution < -0.4 is 0 Å². The monoisotopic (exact) mass is 231 g/mol. The quantitative estimate of drug-likeness (QED) is 0.527. The van der Waals surface area contributed by atoms with Crippen molar-refractivity contribution in [2.45, 2.75) is 5.60 Å². The van der Waals surface area contributed by atoms with Crippen LogP contribution in [-0.2, 0) is 9.47 Å². The minimum absolute atomic E-state index is 0.0182. The number of aliphatic hydroxyl groups is 1. The predicted octanol–water partition coefficient (Wildman–Crippen LogP) is 1.12. The van der Waals surface area contributed by atoms with E-state index in [-0.39, 0.29) is 18.8 Å². The Kier molecular flexibility index (Phi) is 6.80. The molecule has 92 valence electrons. The molecule has 0 aliphatic rings. The molecule has 0 fully saturated rings. The summed E-state index contributed by atoms with van der Waals surface area (Å²) < 4.78 is 22.8. The molecule has 0 saturated heterocycles. The van der Waals surface area contributed by atoms with E-state index in [1.807, 2.05) is 0 Å². The average molecular weight is 231 g/mol. The molecule has 0 unspecified atom stereocenters. The van der Waals surface area contributed by atoms with Gasteiger partial charge in [-0.05, 0) is 11.6 Å². The number of hydrogen-bond acceptors (Lipinski definition) is 4. The molecule has 0 saturated carbocycles. The van der Waals surface area contributed by atoms with Crippen molar-refractivity contribution in [2.75, 3.05) is 34.5 Å². The van der Waals surface area contributed by atoms with E-state index in [2.05, 4.69) is 11.6 Å². The van der Waals surface area contributed by atoms with Crippen LogP contribution in [0.4, 0.5) is 4.39 Å². The molecule has 0 aliphatic carbocycles. The summed E-state index contributed by atoms with van der Waals surface area (Å²) in [5, 5.41) is 10.2. The summed E-state index contributed by atoms with van der Waals surface area (Å²) in [5.41, 5.74) is -1.16. The molecule has 0 heterocycles. The van der Waals surface area contributed by atoms with Crippen LogP contribution in [0.15, 0.2) is 29.3 Å². The maximum atomic E-state index is 13.0. The van der Waals surface area contributed by atoms with Gasteiger partial charge in [0.1, 0.15) is 5.60 Å². The van der Waals surface area contributed by atoms with Crippen molar-refractivity contribution in [1.82, 2.24) is 0 Å². The van der Waals surface area contributed by atoms with Gasteiger partial charge in [-0.1, -0.05) is 12.7 Å². The molecule has 0 amide bonds. The Hall–Kier alpha value is -1.04. The highest BCUT2D eigenvalue weighted by Crippen LogP contribution is 2.19. The highest BCUT2D eigenvalue weighted by Gasteiger charge is 2.30. The van der Waals surface area contributed by atoms with Gasteiger partial charge in [0.05, 0.1) is 13.2 Å². The van der Waals surface area contributed by atoms with Crippen LogP contribution in [0.5, 0.6) is 0 Å². The summed E-state index contributed by atoms with van der Waals surface area (Å²) in [6.07, 6.45) is 2.45. The van der Waals surface area contributed by atoms with Crippen molar-refractivity contribution in [1.29, 1.82) is 0 Å². The Morgan fingerprint density at radius 3 is 2.25 bits per heavy atom. The number of halogens is 1. The largest absolute Gasteiger partial charge is 0.381 e. The van der Waals surface area contributed by atoms with Crippen LogP contribution in [0.3, 0.4) is 0 Å². The third-order valence-corrected chi connectivity index (χ3v) is 2.01. The van der Waals surface area contributed by atoms with Crippen molar-refractivity contribution in [3.05, 3.63) is 24.3 Å². The Morgan fingerprint density at radius 1 is 1.44 bits per heavy atom. The van der Waals surface area contributed by atoms with Crippen LogP contribution in [-0.4, -0.2) is 51.2 Å². The van der Waals surface area contributed by atoms with Crippen molar-refractivity contribution in [2.24, 2.45) is 4.99 Å². The number of aliphatic imine (C=N–C) groups is 1. The molecule has 0 radical (unpaired) electrons.